The second-order valence-electron chi connectivity index (χ2n) is 8.81. The number of unbranched alkanes of at least 4 members (excludes halogenated alkanes) is 4. The maximum absolute atomic E-state index is 14.2. The number of para-hydroxylation sites is 1. The second kappa shape index (κ2) is 11.8. The largest absolute Gasteiger partial charge is 0.459 e. The SMILES string of the molecule is CCCCCCCN(Cc1cc2cccc(-c3ccccc3)c2o1)C(=O)Nc1c(F)cc(F)cc1F. The first-order valence-corrected chi connectivity index (χ1v) is 12.2. The molecule has 0 saturated heterocycles. The third-order valence-corrected chi connectivity index (χ3v) is 6.08. The molecule has 1 N–H and O–H groups in total. The summed E-state index contributed by atoms with van der Waals surface area (Å²) in [5.74, 6) is -2.83. The summed E-state index contributed by atoms with van der Waals surface area (Å²) in [6, 6.07) is 18.0. The lowest BCUT2D eigenvalue weighted by Crippen LogP contribution is -2.35. The van der Waals surface area contributed by atoms with E-state index in [0.29, 0.717) is 30.0 Å². The average molecular weight is 495 g/mol. The molecule has 36 heavy (non-hydrogen) atoms. The number of furan rings is 1. The van der Waals surface area contributed by atoms with Gasteiger partial charge in [-0.15, -0.1) is 0 Å². The topological polar surface area (TPSA) is 45.5 Å². The van der Waals surface area contributed by atoms with Crippen LogP contribution in [0.1, 0.15) is 44.8 Å². The highest BCUT2D eigenvalue weighted by Gasteiger charge is 2.21. The van der Waals surface area contributed by atoms with Crippen LogP contribution in [0.25, 0.3) is 22.1 Å². The van der Waals surface area contributed by atoms with Gasteiger partial charge in [0.25, 0.3) is 0 Å². The van der Waals surface area contributed by atoms with Crippen LogP contribution in [0.15, 0.2) is 71.1 Å². The first-order chi connectivity index (χ1) is 17.5. The van der Waals surface area contributed by atoms with Crippen molar-refractivity contribution < 1.29 is 22.4 Å². The average Bonchev–Trinajstić information content (AvgIpc) is 3.28. The number of hydrogen-bond acceptors (Lipinski definition) is 2. The molecular formula is C29H29F3N2O2. The van der Waals surface area contributed by atoms with Crippen LogP contribution in [-0.2, 0) is 6.54 Å². The van der Waals surface area contributed by atoms with Crippen molar-refractivity contribution in [2.75, 3.05) is 11.9 Å². The Kier molecular flexibility index (Phi) is 8.31. The van der Waals surface area contributed by atoms with E-state index in [0.717, 1.165) is 48.6 Å². The van der Waals surface area contributed by atoms with Crippen LogP contribution in [-0.4, -0.2) is 17.5 Å². The first-order valence-electron chi connectivity index (χ1n) is 12.2. The number of benzene rings is 3. The van der Waals surface area contributed by atoms with E-state index in [-0.39, 0.29) is 6.54 Å². The van der Waals surface area contributed by atoms with E-state index in [1.54, 1.807) is 0 Å². The minimum absolute atomic E-state index is 0.118. The lowest BCUT2D eigenvalue weighted by Gasteiger charge is -2.22. The van der Waals surface area contributed by atoms with Gasteiger partial charge in [-0.1, -0.05) is 81.1 Å². The Morgan fingerprint density at radius 3 is 2.33 bits per heavy atom. The van der Waals surface area contributed by atoms with Crippen LogP contribution in [0.5, 0.6) is 0 Å². The summed E-state index contributed by atoms with van der Waals surface area (Å²) in [6.45, 7) is 2.62. The van der Waals surface area contributed by atoms with Gasteiger partial charge in [0.15, 0.2) is 11.6 Å². The summed E-state index contributed by atoms with van der Waals surface area (Å²) in [7, 11) is 0. The van der Waals surface area contributed by atoms with Crippen LogP contribution in [0.4, 0.5) is 23.7 Å². The molecule has 2 amide bonds. The summed E-state index contributed by atoms with van der Waals surface area (Å²) >= 11 is 0. The zero-order chi connectivity index (χ0) is 25.5. The van der Waals surface area contributed by atoms with Gasteiger partial charge < -0.3 is 14.6 Å². The summed E-state index contributed by atoms with van der Waals surface area (Å²) in [5.41, 5.74) is 1.98. The smallest absolute Gasteiger partial charge is 0.322 e. The molecule has 0 unspecified atom stereocenters. The highest BCUT2D eigenvalue weighted by Crippen LogP contribution is 2.31. The van der Waals surface area contributed by atoms with E-state index in [4.69, 9.17) is 4.42 Å². The van der Waals surface area contributed by atoms with Crippen LogP contribution in [0, 0.1) is 17.5 Å². The summed E-state index contributed by atoms with van der Waals surface area (Å²) < 4.78 is 47.8. The van der Waals surface area contributed by atoms with Crippen molar-refractivity contribution in [2.45, 2.75) is 45.6 Å². The predicted molar refractivity (Wildman–Crippen MR) is 136 cm³/mol. The number of carbonyl (C=O) groups excluding carboxylic acids is 1. The van der Waals surface area contributed by atoms with Crippen molar-refractivity contribution in [3.8, 4) is 11.1 Å². The molecule has 4 aromatic rings. The molecule has 0 aliphatic carbocycles. The maximum Gasteiger partial charge on any atom is 0.322 e. The number of urea groups is 1. The number of rotatable bonds is 10. The Balaban J connectivity index is 1.57. The summed E-state index contributed by atoms with van der Waals surface area (Å²) in [5, 5.41) is 3.17. The molecule has 1 heterocycles. The number of carbonyl (C=O) groups is 1. The van der Waals surface area contributed by atoms with Crippen molar-refractivity contribution in [2.24, 2.45) is 0 Å². The Labute approximate surface area is 208 Å². The number of halogens is 3. The molecule has 1 aromatic heterocycles. The summed E-state index contributed by atoms with van der Waals surface area (Å²) in [4.78, 5) is 14.5. The molecule has 0 spiro atoms. The van der Waals surface area contributed by atoms with E-state index >= 15 is 0 Å². The summed E-state index contributed by atoms with van der Waals surface area (Å²) in [6.07, 6.45) is 4.89. The molecule has 4 nitrogen and oxygen atoms in total. The standard InChI is InChI=1S/C29H29F3N2O2/c1-2-3-4-5-9-15-34(29(35)33-27-25(31)17-22(30)18-26(27)32)19-23-16-21-13-10-14-24(28(21)36-23)20-11-7-6-8-12-20/h6-8,10-14,16-18H,2-5,9,15,19H2,1H3,(H,33,35). The van der Waals surface area contributed by atoms with Gasteiger partial charge in [-0.3, -0.25) is 0 Å². The molecule has 0 atom stereocenters. The van der Waals surface area contributed by atoms with Crippen molar-refractivity contribution in [3.05, 3.63) is 89.9 Å². The lowest BCUT2D eigenvalue weighted by atomic mass is 10.0. The first kappa shape index (κ1) is 25.4. The molecule has 4 rings (SSSR count). The van der Waals surface area contributed by atoms with Gasteiger partial charge in [-0.05, 0) is 18.1 Å². The van der Waals surface area contributed by atoms with E-state index in [1.165, 1.54) is 4.90 Å². The van der Waals surface area contributed by atoms with Gasteiger partial charge in [0.1, 0.15) is 22.8 Å². The Morgan fingerprint density at radius 1 is 0.889 bits per heavy atom. The Bertz CT molecular complexity index is 1300. The van der Waals surface area contributed by atoms with E-state index in [2.05, 4.69) is 12.2 Å². The molecule has 7 heteroatoms. The zero-order valence-electron chi connectivity index (χ0n) is 20.2. The highest BCUT2D eigenvalue weighted by molar-refractivity contribution is 5.93. The molecule has 0 radical (unpaired) electrons. The molecule has 0 fully saturated rings. The Morgan fingerprint density at radius 2 is 1.61 bits per heavy atom. The number of nitrogens with one attached hydrogen (secondary N) is 1. The van der Waals surface area contributed by atoms with Crippen molar-refractivity contribution in [1.82, 2.24) is 4.90 Å². The third-order valence-electron chi connectivity index (χ3n) is 6.08. The molecule has 0 bridgehead atoms. The number of amides is 2. The third kappa shape index (κ3) is 6.08. The number of nitrogens with zero attached hydrogens (tertiary/aromatic N) is 1. The van der Waals surface area contributed by atoms with E-state index in [1.807, 2.05) is 54.6 Å². The van der Waals surface area contributed by atoms with Gasteiger partial charge in [0.05, 0.1) is 6.54 Å². The Hall–Kier alpha value is -3.74. The van der Waals surface area contributed by atoms with E-state index < -0.39 is 29.2 Å². The van der Waals surface area contributed by atoms with E-state index in [9.17, 15) is 18.0 Å². The molecule has 188 valence electrons. The number of fused-ring (bicyclic) bond motifs is 1. The van der Waals surface area contributed by atoms with Gasteiger partial charge in [-0.25, -0.2) is 18.0 Å². The number of anilines is 1. The van der Waals surface area contributed by atoms with Crippen LogP contribution >= 0.6 is 0 Å². The number of hydrogen-bond donors (Lipinski definition) is 1. The molecule has 3 aromatic carbocycles. The van der Waals surface area contributed by atoms with Gasteiger partial charge in [0.2, 0.25) is 0 Å². The zero-order valence-corrected chi connectivity index (χ0v) is 20.2. The lowest BCUT2D eigenvalue weighted by molar-refractivity contribution is 0.203. The minimum atomic E-state index is -1.17. The fourth-order valence-electron chi connectivity index (χ4n) is 4.23. The van der Waals surface area contributed by atoms with Crippen LogP contribution in [0.3, 0.4) is 0 Å². The normalized spacial score (nSPS) is 11.1. The molecular weight excluding hydrogens is 465 g/mol. The van der Waals surface area contributed by atoms with Gasteiger partial charge in [-0.2, -0.15) is 0 Å². The highest BCUT2D eigenvalue weighted by atomic mass is 19.1. The molecule has 0 saturated carbocycles. The fourth-order valence-corrected chi connectivity index (χ4v) is 4.23. The quantitative estimate of drug-likeness (QED) is 0.225. The minimum Gasteiger partial charge on any atom is -0.459 e. The fraction of sp³-hybridized carbons (Fsp3) is 0.276. The monoisotopic (exact) mass is 494 g/mol. The predicted octanol–water partition coefficient (Wildman–Crippen LogP) is 8.52. The maximum atomic E-state index is 14.2. The van der Waals surface area contributed by atoms with Crippen LogP contribution < -0.4 is 5.32 Å². The second-order valence-corrected chi connectivity index (χ2v) is 8.81. The van der Waals surface area contributed by atoms with Gasteiger partial charge in [0, 0.05) is 29.6 Å². The molecule has 0 aliphatic heterocycles. The van der Waals surface area contributed by atoms with Crippen molar-refractivity contribution in [3.63, 3.8) is 0 Å². The molecule has 0 aliphatic rings. The van der Waals surface area contributed by atoms with Gasteiger partial charge >= 0.3 is 6.03 Å². The van der Waals surface area contributed by atoms with Crippen molar-refractivity contribution >= 4 is 22.7 Å². The van der Waals surface area contributed by atoms with Crippen LogP contribution in [0.2, 0.25) is 0 Å². The van der Waals surface area contributed by atoms with Crippen molar-refractivity contribution in [1.29, 1.82) is 0 Å².